The Morgan fingerprint density at radius 2 is 2.00 bits per heavy atom. The van der Waals surface area contributed by atoms with Gasteiger partial charge in [0.25, 0.3) is 0 Å². The van der Waals surface area contributed by atoms with Gasteiger partial charge in [-0.05, 0) is 24.2 Å². The fourth-order valence-corrected chi connectivity index (χ4v) is 2.09. The Balaban J connectivity index is 2.20. The van der Waals surface area contributed by atoms with E-state index in [-0.39, 0.29) is 0 Å². The standard InChI is InChI=1S/C12H19NOS/c1-3-13-8-9-15-10-11-4-6-12(14-2)7-5-11/h4-7,13H,3,8-10H2,1-2H3. The summed E-state index contributed by atoms with van der Waals surface area (Å²) in [5.74, 6) is 3.17. The second-order valence-corrected chi connectivity index (χ2v) is 4.36. The van der Waals surface area contributed by atoms with Gasteiger partial charge in [-0.25, -0.2) is 0 Å². The molecule has 0 radical (unpaired) electrons. The predicted molar refractivity (Wildman–Crippen MR) is 67.7 cm³/mol. The topological polar surface area (TPSA) is 21.3 Å². The maximum absolute atomic E-state index is 5.11. The molecular weight excluding hydrogens is 206 g/mol. The largest absolute Gasteiger partial charge is 0.497 e. The molecule has 3 heteroatoms. The van der Waals surface area contributed by atoms with Crippen molar-refractivity contribution < 1.29 is 4.74 Å². The first-order valence-electron chi connectivity index (χ1n) is 5.28. The van der Waals surface area contributed by atoms with E-state index in [9.17, 15) is 0 Å². The first-order chi connectivity index (χ1) is 7.36. The lowest BCUT2D eigenvalue weighted by atomic mass is 10.2. The third-order valence-electron chi connectivity index (χ3n) is 2.10. The Labute approximate surface area is 96.4 Å². The average molecular weight is 225 g/mol. The number of thioether (sulfide) groups is 1. The van der Waals surface area contributed by atoms with E-state index in [0.29, 0.717) is 0 Å². The van der Waals surface area contributed by atoms with Crippen molar-refractivity contribution in [2.45, 2.75) is 12.7 Å². The summed E-state index contributed by atoms with van der Waals surface area (Å²) in [5.41, 5.74) is 1.36. The third kappa shape index (κ3) is 5.09. The molecule has 15 heavy (non-hydrogen) atoms. The van der Waals surface area contributed by atoms with Gasteiger partial charge in [0.1, 0.15) is 5.75 Å². The molecule has 0 aromatic heterocycles. The molecule has 1 N–H and O–H groups in total. The summed E-state index contributed by atoms with van der Waals surface area (Å²) >= 11 is 1.96. The van der Waals surface area contributed by atoms with Gasteiger partial charge in [0, 0.05) is 18.1 Å². The van der Waals surface area contributed by atoms with Crippen molar-refractivity contribution in [3.63, 3.8) is 0 Å². The number of rotatable bonds is 7. The van der Waals surface area contributed by atoms with Crippen molar-refractivity contribution in [2.24, 2.45) is 0 Å². The van der Waals surface area contributed by atoms with Crippen LogP contribution in [0.3, 0.4) is 0 Å². The zero-order valence-electron chi connectivity index (χ0n) is 9.45. The molecule has 0 saturated heterocycles. The molecule has 0 aliphatic carbocycles. The van der Waals surface area contributed by atoms with Crippen molar-refractivity contribution in [1.82, 2.24) is 5.32 Å². The molecule has 0 aliphatic heterocycles. The number of hydrogen-bond acceptors (Lipinski definition) is 3. The molecule has 0 unspecified atom stereocenters. The summed E-state index contributed by atoms with van der Waals surface area (Å²) in [6.07, 6.45) is 0. The van der Waals surface area contributed by atoms with Crippen molar-refractivity contribution in [2.75, 3.05) is 26.0 Å². The number of hydrogen-bond donors (Lipinski definition) is 1. The second-order valence-electron chi connectivity index (χ2n) is 3.25. The van der Waals surface area contributed by atoms with Gasteiger partial charge in [0.05, 0.1) is 7.11 Å². The lowest BCUT2D eigenvalue weighted by Gasteiger charge is -2.04. The van der Waals surface area contributed by atoms with Crippen LogP contribution >= 0.6 is 11.8 Å². The van der Waals surface area contributed by atoms with Gasteiger partial charge in [-0.15, -0.1) is 0 Å². The summed E-state index contributed by atoms with van der Waals surface area (Å²) in [4.78, 5) is 0. The maximum Gasteiger partial charge on any atom is 0.118 e. The van der Waals surface area contributed by atoms with Gasteiger partial charge in [0.15, 0.2) is 0 Å². The lowest BCUT2D eigenvalue weighted by Crippen LogP contribution is -2.15. The Kier molecular flexibility index (Phi) is 6.28. The summed E-state index contributed by atoms with van der Waals surface area (Å²) in [7, 11) is 1.69. The Hall–Kier alpha value is -0.670. The number of nitrogens with one attached hydrogen (secondary N) is 1. The van der Waals surface area contributed by atoms with Crippen LogP contribution in [0.4, 0.5) is 0 Å². The molecule has 0 aliphatic rings. The normalized spacial score (nSPS) is 10.3. The molecule has 0 atom stereocenters. The number of benzene rings is 1. The highest BCUT2D eigenvalue weighted by molar-refractivity contribution is 7.98. The van der Waals surface area contributed by atoms with E-state index in [4.69, 9.17) is 4.74 Å². The van der Waals surface area contributed by atoms with Gasteiger partial charge in [0.2, 0.25) is 0 Å². The minimum Gasteiger partial charge on any atom is -0.497 e. The third-order valence-corrected chi connectivity index (χ3v) is 3.13. The van der Waals surface area contributed by atoms with Crippen LogP contribution < -0.4 is 10.1 Å². The highest BCUT2D eigenvalue weighted by atomic mass is 32.2. The Morgan fingerprint density at radius 3 is 2.60 bits per heavy atom. The predicted octanol–water partition coefficient (Wildman–Crippen LogP) is 2.54. The highest BCUT2D eigenvalue weighted by Crippen LogP contribution is 2.15. The minimum atomic E-state index is 0.927. The number of ether oxygens (including phenoxy) is 1. The Bertz CT molecular complexity index is 261. The Morgan fingerprint density at radius 1 is 1.27 bits per heavy atom. The van der Waals surface area contributed by atoms with Crippen molar-refractivity contribution >= 4 is 11.8 Å². The second kappa shape index (κ2) is 7.60. The van der Waals surface area contributed by atoms with E-state index in [2.05, 4.69) is 24.4 Å². The van der Waals surface area contributed by atoms with Crippen LogP contribution in [0.1, 0.15) is 12.5 Å². The summed E-state index contributed by atoms with van der Waals surface area (Å²) in [6, 6.07) is 8.28. The van der Waals surface area contributed by atoms with Gasteiger partial charge >= 0.3 is 0 Å². The smallest absolute Gasteiger partial charge is 0.118 e. The molecule has 2 nitrogen and oxygen atoms in total. The SMILES string of the molecule is CCNCCSCc1ccc(OC)cc1. The lowest BCUT2D eigenvalue weighted by molar-refractivity contribution is 0.414. The highest BCUT2D eigenvalue weighted by Gasteiger charge is 1.94. The van der Waals surface area contributed by atoms with Gasteiger partial charge in [-0.1, -0.05) is 19.1 Å². The molecule has 0 bridgehead atoms. The first kappa shape index (κ1) is 12.4. The summed E-state index contributed by atoms with van der Waals surface area (Å²) in [5, 5.41) is 3.31. The van der Waals surface area contributed by atoms with Gasteiger partial charge in [-0.3, -0.25) is 0 Å². The van der Waals surface area contributed by atoms with Crippen LogP contribution in [-0.4, -0.2) is 26.0 Å². The first-order valence-corrected chi connectivity index (χ1v) is 6.43. The molecule has 0 saturated carbocycles. The van der Waals surface area contributed by atoms with E-state index in [0.717, 1.165) is 24.6 Å². The maximum atomic E-state index is 5.11. The zero-order chi connectivity index (χ0) is 10.9. The average Bonchev–Trinajstić information content (AvgIpc) is 2.30. The molecule has 1 aromatic rings. The molecule has 1 rings (SSSR count). The fraction of sp³-hybridized carbons (Fsp3) is 0.500. The zero-order valence-corrected chi connectivity index (χ0v) is 10.3. The van der Waals surface area contributed by atoms with E-state index in [1.54, 1.807) is 7.11 Å². The fourth-order valence-electron chi connectivity index (χ4n) is 1.23. The summed E-state index contributed by atoms with van der Waals surface area (Å²) < 4.78 is 5.11. The van der Waals surface area contributed by atoms with E-state index in [1.165, 1.54) is 11.3 Å². The molecule has 0 amide bonds. The minimum absolute atomic E-state index is 0.927. The van der Waals surface area contributed by atoms with Crippen molar-refractivity contribution in [1.29, 1.82) is 0 Å². The van der Waals surface area contributed by atoms with Crippen LogP contribution in [0.5, 0.6) is 5.75 Å². The quantitative estimate of drug-likeness (QED) is 0.721. The van der Waals surface area contributed by atoms with Crippen LogP contribution in [0.15, 0.2) is 24.3 Å². The van der Waals surface area contributed by atoms with Crippen LogP contribution in [-0.2, 0) is 5.75 Å². The van der Waals surface area contributed by atoms with Crippen LogP contribution in [0.25, 0.3) is 0 Å². The molecular formula is C12H19NOS. The molecule has 1 aromatic carbocycles. The van der Waals surface area contributed by atoms with E-state index < -0.39 is 0 Å². The van der Waals surface area contributed by atoms with Crippen molar-refractivity contribution in [3.05, 3.63) is 29.8 Å². The monoisotopic (exact) mass is 225 g/mol. The molecule has 0 fully saturated rings. The van der Waals surface area contributed by atoms with Gasteiger partial charge < -0.3 is 10.1 Å². The van der Waals surface area contributed by atoms with Crippen LogP contribution in [0, 0.1) is 0 Å². The van der Waals surface area contributed by atoms with Gasteiger partial charge in [-0.2, -0.15) is 11.8 Å². The van der Waals surface area contributed by atoms with E-state index >= 15 is 0 Å². The van der Waals surface area contributed by atoms with E-state index in [1.807, 2.05) is 23.9 Å². The van der Waals surface area contributed by atoms with Crippen molar-refractivity contribution in [3.8, 4) is 5.75 Å². The molecule has 84 valence electrons. The van der Waals surface area contributed by atoms with Crippen LogP contribution in [0.2, 0.25) is 0 Å². The molecule has 0 heterocycles. The molecule has 0 spiro atoms. The summed E-state index contributed by atoms with van der Waals surface area (Å²) in [6.45, 7) is 4.29. The number of methoxy groups -OCH3 is 1.